The van der Waals surface area contributed by atoms with Crippen molar-refractivity contribution in [3.8, 4) is 0 Å². The van der Waals surface area contributed by atoms with Crippen LogP contribution < -0.4 is 27.6 Å². The number of carbonyl (C=O) groups excluding carboxylic acids is 3. The molecule has 1 aromatic rings. The Balaban J connectivity index is 0.00000420. The summed E-state index contributed by atoms with van der Waals surface area (Å²) in [6.07, 6.45) is 6.55. The first-order valence-electron chi connectivity index (χ1n) is 9.65. The molecule has 1 aromatic heterocycles. The van der Waals surface area contributed by atoms with Crippen LogP contribution in [0.15, 0.2) is 18.7 Å². The van der Waals surface area contributed by atoms with Crippen molar-refractivity contribution < 1.29 is 36.1 Å². The Hall–Kier alpha value is -2.29. The lowest BCUT2D eigenvalue weighted by Crippen LogP contribution is -3.00. The summed E-state index contributed by atoms with van der Waals surface area (Å²) in [5.41, 5.74) is -0.620. The molecule has 29 heavy (non-hydrogen) atoms. The van der Waals surface area contributed by atoms with Crippen molar-refractivity contribution >= 4 is 17.9 Å². The number of ether oxygens (including phenoxy) is 1. The quantitative estimate of drug-likeness (QED) is 0.482. The van der Waals surface area contributed by atoms with Gasteiger partial charge >= 0.3 is 6.09 Å². The van der Waals surface area contributed by atoms with Gasteiger partial charge in [0.15, 0.2) is 0 Å². The average Bonchev–Trinajstić information content (AvgIpc) is 3.22. The van der Waals surface area contributed by atoms with E-state index in [2.05, 4.69) is 10.6 Å². The largest absolute Gasteiger partial charge is 1.00 e. The Morgan fingerprint density at radius 3 is 2.59 bits per heavy atom. The number of aromatic nitrogens is 2. The molecular weight excluding hydrogens is 398 g/mol. The highest BCUT2D eigenvalue weighted by molar-refractivity contribution is 5.91. The van der Waals surface area contributed by atoms with E-state index >= 15 is 0 Å². The number of hydrogen-bond donors (Lipinski definition) is 2. The van der Waals surface area contributed by atoms with Crippen molar-refractivity contribution in [2.24, 2.45) is 7.05 Å². The lowest BCUT2D eigenvalue weighted by molar-refractivity contribution is -0.671. The van der Waals surface area contributed by atoms with Crippen molar-refractivity contribution in [2.75, 3.05) is 13.1 Å². The van der Waals surface area contributed by atoms with Gasteiger partial charge < -0.3 is 27.8 Å². The van der Waals surface area contributed by atoms with Crippen LogP contribution in [0.4, 0.5) is 4.79 Å². The predicted octanol–water partition coefficient (Wildman–Crippen LogP) is -2.66. The summed E-state index contributed by atoms with van der Waals surface area (Å²) in [5.74, 6) is -0.588. The van der Waals surface area contributed by atoms with Crippen molar-refractivity contribution in [2.45, 2.75) is 64.8 Å². The van der Waals surface area contributed by atoms with Crippen LogP contribution >= 0.6 is 0 Å². The van der Waals surface area contributed by atoms with Crippen LogP contribution in [-0.2, 0) is 27.9 Å². The van der Waals surface area contributed by atoms with Gasteiger partial charge in [-0.15, -0.1) is 0 Å². The Labute approximate surface area is 178 Å². The van der Waals surface area contributed by atoms with Crippen LogP contribution in [-0.4, -0.2) is 58.1 Å². The summed E-state index contributed by atoms with van der Waals surface area (Å²) in [4.78, 5) is 38.6. The van der Waals surface area contributed by atoms with Gasteiger partial charge in [0.05, 0.1) is 13.6 Å². The fourth-order valence-corrected chi connectivity index (χ4v) is 3.05. The van der Waals surface area contributed by atoms with E-state index in [1.54, 1.807) is 27.7 Å². The lowest BCUT2D eigenvalue weighted by atomic mass is 10.2. The van der Waals surface area contributed by atoms with E-state index < -0.39 is 23.8 Å². The van der Waals surface area contributed by atoms with Gasteiger partial charge in [0.1, 0.15) is 36.6 Å². The van der Waals surface area contributed by atoms with Crippen LogP contribution in [0.1, 0.15) is 40.5 Å². The highest BCUT2D eigenvalue weighted by Crippen LogP contribution is 2.21. The number of nitrogens with zero attached hydrogens (tertiary/aromatic N) is 3. The van der Waals surface area contributed by atoms with Crippen LogP contribution in [0, 0.1) is 0 Å². The molecule has 0 saturated carbocycles. The second kappa shape index (κ2) is 10.5. The summed E-state index contributed by atoms with van der Waals surface area (Å²) < 4.78 is 9.25. The Morgan fingerprint density at radius 2 is 2.00 bits per heavy atom. The van der Waals surface area contributed by atoms with Crippen molar-refractivity contribution in [1.82, 2.24) is 20.1 Å². The van der Waals surface area contributed by atoms with Crippen LogP contribution in [0.2, 0.25) is 0 Å². The number of aryl methyl sites for hydroxylation is 1. The Bertz CT molecular complexity index is 716. The number of imidazole rings is 1. The van der Waals surface area contributed by atoms with Crippen LogP contribution in [0.5, 0.6) is 0 Å². The molecule has 3 amide bonds. The number of amides is 3. The van der Waals surface area contributed by atoms with E-state index in [4.69, 9.17) is 4.74 Å². The monoisotopic (exact) mass is 429 g/mol. The minimum absolute atomic E-state index is 0. The SMILES string of the molecule is CC(NC(=O)C1CCCN1C(=O)OC(C)(C)C)C(=O)NCCn1cc[n+](C)c1.[Cl-]. The fourth-order valence-electron chi connectivity index (χ4n) is 3.05. The summed E-state index contributed by atoms with van der Waals surface area (Å²) in [5, 5.41) is 5.52. The average molecular weight is 430 g/mol. The van der Waals surface area contributed by atoms with Gasteiger partial charge in [0.25, 0.3) is 0 Å². The molecule has 2 heterocycles. The highest BCUT2D eigenvalue weighted by Gasteiger charge is 2.37. The fraction of sp³-hybridized carbons (Fsp3) is 0.684. The minimum Gasteiger partial charge on any atom is -1.00 e. The Kier molecular flexibility index (Phi) is 8.94. The number of halogens is 1. The first-order valence-corrected chi connectivity index (χ1v) is 9.65. The van der Waals surface area contributed by atoms with Gasteiger partial charge in [-0.2, -0.15) is 0 Å². The standard InChI is InChI=1S/C19H31N5O4.ClH/c1-14(16(25)20-8-10-23-12-11-22(5)13-23)21-17(26)15-7-6-9-24(15)18(27)28-19(2,3)4;/h11-15H,6-10H2,1-5H3,(H-,20,21,25,26);1H. The van der Waals surface area contributed by atoms with Crippen molar-refractivity contribution in [1.29, 1.82) is 0 Å². The molecule has 2 unspecified atom stereocenters. The van der Waals surface area contributed by atoms with Crippen LogP contribution in [0.3, 0.4) is 0 Å². The maximum atomic E-state index is 12.6. The van der Waals surface area contributed by atoms with Gasteiger partial charge in [-0.25, -0.2) is 13.9 Å². The molecule has 0 spiro atoms. The van der Waals surface area contributed by atoms with Gasteiger partial charge in [0, 0.05) is 6.54 Å². The zero-order chi connectivity index (χ0) is 20.9. The summed E-state index contributed by atoms with van der Waals surface area (Å²) in [6.45, 7) is 8.57. The minimum atomic E-state index is -0.686. The van der Waals surface area contributed by atoms with Gasteiger partial charge in [0.2, 0.25) is 18.1 Å². The summed E-state index contributed by atoms with van der Waals surface area (Å²) in [7, 11) is 1.93. The normalized spacial score (nSPS) is 17.3. The first kappa shape index (κ1) is 24.7. The first-order chi connectivity index (χ1) is 13.1. The van der Waals surface area contributed by atoms with Gasteiger partial charge in [-0.1, -0.05) is 0 Å². The molecule has 2 N–H and O–H groups in total. The van der Waals surface area contributed by atoms with Gasteiger partial charge in [-0.05, 0) is 40.5 Å². The van der Waals surface area contributed by atoms with E-state index in [0.717, 1.165) is 6.42 Å². The highest BCUT2D eigenvalue weighted by atomic mass is 35.5. The van der Waals surface area contributed by atoms with Crippen molar-refractivity contribution in [3.05, 3.63) is 18.7 Å². The van der Waals surface area contributed by atoms with Crippen LogP contribution in [0.25, 0.3) is 0 Å². The van der Waals surface area contributed by atoms with E-state index in [9.17, 15) is 14.4 Å². The molecule has 1 aliphatic rings. The predicted molar refractivity (Wildman–Crippen MR) is 102 cm³/mol. The molecule has 0 aliphatic carbocycles. The molecule has 9 nitrogen and oxygen atoms in total. The zero-order valence-electron chi connectivity index (χ0n) is 17.8. The molecule has 1 saturated heterocycles. The maximum Gasteiger partial charge on any atom is 0.410 e. The summed E-state index contributed by atoms with van der Waals surface area (Å²) in [6, 6.07) is -1.29. The number of rotatable bonds is 6. The molecule has 164 valence electrons. The molecule has 1 aliphatic heterocycles. The summed E-state index contributed by atoms with van der Waals surface area (Å²) >= 11 is 0. The van der Waals surface area contributed by atoms with Gasteiger partial charge in [-0.3, -0.25) is 14.5 Å². The number of nitrogens with one attached hydrogen (secondary N) is 2. The maximum absolute atomic E-state index is 12.6. The lowest BCUT2D eigenvalue weighted by Gasteiger charge is -2.28. The molecule has 0 radical (unpaired) electrons. The molecule has 10 heteroatoms. The third kappa shape index (κ3) is 7.56. The molecule has 1 fully saturated rings. The van der Waals surface area contributed by atoms with Crippen molar-refractivity contribution in [3.63, 3.8) is 0 Å². The molecular formula is C19H32ClN5O4. The van der Waals surface area contributed by atoms with E-state index in [0.29, 0.717) is 26.1 Å². The van der Waals surface area contributed by atoms with E-state index in [-0.39, 0.29) is 24.2 Å². The number of hydrogen-bond acceptors (Lipinski definition) is 4. The molecule has 2 atom stereocenters. The molecule has 0 aromatic carbocycles. The second-order valence-corrected chi connectivity index (χ2v) is 8.17. The Morgan fingerprint density at radius 1 is 1.31 bits per heavy atom. The topological polar surface area (TPSA) is 96.6 Å². The third-order valence-corrected chi connectivity index (χ3v) is 4.43. The number of likely N-dealkylation sites (tertiary alicyclic amines) is 1. The molecule has 0 bridgehead atoms. The third-order valence-electron chi connectivity index (χ3n) is 4.43. The van der Waals surface area contributed by atoms with E-state index in [1.165, 1.54) is 4.90 Å². The number of carbonyl (C=O) groups is 3. The second-order valence-electron chi connectivity index (χ2n) is 8.17. The van der Waals surface area contributed by atoms with E-state index in [1.807, 2.05) is 34.9 Å². The zero-order valence-corrected chi connectivity index (χ0v) is 18.5. The smallest absolute Gasteiger partial charge is 0.410 e. The molecule has 2 rings (SSSR count).